The van der Waals surface area contributed by atoms with Crippen LogP contribution in [-0.4, -0.2) is 57.0 Å². The van der Waals surface area contributed by atoms with Crippen molar-refractivity contribution in [1.29, 1.82) is 0 Å². The molecule has 0 atom stereocenters. The van der Waals surface area contributed by atoms with Gasteiger partial charge in [-0.05, 0) is 69.2 Å². The average Bonchev–Trinajstić information content (AvgIpc) is 3.27. The number of benzene rings is 2. The second-order valence-electron chi connectivity index (χ2n) is 8.18. The predicted molar refractivity (Wildman–Crippen MR) is 126 cm³/mol. The molecule has 32 heavy (non-hydrogen) atoms. The minimum absolute atomic E-state index is 0.156. The summed E-state index contributed by atoms with van der Waals surface area (Å²) in [4.78, 5) is 11.3. The number of hydrogen-bond acceptors (Lipinski definition) is 5. The zero-order chi connectivity index (χ0) is 22.5. The van der Waals surface area contributed by atoms with Gasteiger partial charge in [0.05, 0.1) is 26.8 Å². The van der Waals surface area contributed by atoms with Crippen LogP contribution < -0.4 is 14.8 Å². The fraction of sp³-hybridized carbons (Fsp3) is 0.417. The lowest BCUT2D eigenvalue weighted by atomic mass is 9.98. The molecule has 2 aromatic rings. The molecule has 2 aliphatic rings. The third-order valence-electron chi connectivity index (χ3n) is 5.89. The molecule has 1 fully saturated rings. The molecular formula is C24H28ClFN4O2. The van der Waals surface area contributed by atoms with Crippen LogP contribution in [0.25, 0.3) is 0 Å². The highest BCUT2D eigenvalue weighted by Crippen LogP contribution is 2.30. The van der Waals surface area contributed by atoms with Crippen LogP contribution in [0.4, 0.5) is 4.39 Å². The fourth-order valence-corrected chi connectivity index (χ4v) is 4.07. The van der Waals surface area contributed by atoms with Crippen LogP contribution in [0.2, 0.25) is 5.02 Å². The molecule has 1 saturated heterocycles. The Labute approximate surface area is 193 Å². The van der Waals surface area contributed by atoms with E-state index < -0.39 is 0 Å². The van der Waals surface area contributed by atoms with Gasteiger partial charge in [-0.1, -0.05) is 17.7 Å². The lowest BCUT2D eigenvalue weighted by Crippen LogP contribution is -2.32. The summed E-state index contributed by atoms with van der Waals surface area (Å²) in [5.41, 5.74) is 1.26. The molecule has 0 unspecified atom stereocenters. The Balaban J connectivity index is 1.37. The zero-order valence-corrected chi connectivity index (χ0v) is 19.2. The topological polar surface area (TPSA) is 58.5 Å². The molecule has 0 aromatic heterocycles. The molecule has 0 bridgehead atoms. The second-order valence-corrected chi connectivity index (χ2v) is 8.58. The van der Waals surface area contributed by atoms with Crippen molar-refractivity contribution in [3.63, 3.8) is 0 Å². The number of halogens is 2. The molecule has 2 aliphatic heterocycles. The summed E-state index contributed by atoms with van der Waals surface area (Å²) in [5, 5.41) is 3.58. The Bertz CT molecular complexity index is 999. The van der Waals surface area contributed by atoms with Crippen LogP contribution in [-0.2, 0) is 6.54 Å². The number of piperidine rings is 1. The monoisotopic (exact) mass is 458 g/mol. The largest absolute Gasteiger partial charge is 0.493 e. The molecule has 1 N–H and O–H groups in total. The quantitative estimate of drug-likeness (QED) is 0.677. The maximum Gasteiger partial charge on any atom is 0.161 e. The number of aliphatic imine (C=N–C) groups is 2. The highest BCUT2D eigenvalue weighted by atomic mass is 35.5. The van der Waals surface area contributed by atoms with Crippen molar-refractivity contribution in [3.8, 4) is 11.5 Å². The van der Waals surface area contributed by atoms with Gasteiger partial charge in [0.1, 0.15) is 17.5 Å². The van der Waals surface area contributed by atoms with E-state index in [9.17, 15) is 4.39 Å². The van der Waals surface area contributed by atoms with Crippen LogP contribution >= 0.6 is 11.6 Å². The lowest BCUT2D eigenvalue weighted by molar-refractivity contribution is 0.157. The van der Waals surface area contributed by atoms with Crippen LogP contribution in [0, 0.1) is 11.7 Å². The van der Waals surface area contributed by atoms with E-state index in [2.05, 4.69) is 27.2 Å². The predicted octanol–water partition coefficient (Wildman–Crippen LogP) is 4.16. The first kappa shape index (κ1) is 22.6. The summed E-state index contributed by atoms with van der Waals surface area (Å²) >= 11 is 6.08. The fourth-order valence-electron chi connectivity index (χ4n) is 3.85. The van der Waals surface area contributed by atoms with Crippen molar-refractivity contribution in [1.82, 2.24) is 10.2 Å². The number of hydrogen-bond donors (Lipinski definition) is 1. The Morgan fingerprint density at radius 2 is 2.03 bits per heavy atom. The lowest BCUT2D eigenvalue weighted by Gasteiger charge is -2.28. The van der Waals surface area contributed by atoms with Crippen molar-refractivity contribution in [3.05, 3.63) is 58.4 Å². The zero-order valence-electron chi connectivity index (χ0n) is 18.4. The first-order chi connectivity index (χ1) is 15.5. The Morgan fingerprint density at radius 3 is 2.78 bits per heavy atom. The van der Waals surface area contributed by atoms with Crippen molar-refractivity contribution in [2.45, 2.75) is 19.4 Å². The summed E-state index contributed by atoms with van der Waals surface area (Å²) in [6.07, 6.45) is 2.30. The molecular weight excluding hydrogens is 431 g/mol. The van der Waals surface area contributed by atoms with Gasteiger partial charge < -0.3 is 19.7 Å². The summed E-state index contributed by atoms with van der Waals surface area (Å²) < 4.78 is 25.6. The number of amidine groups is 2. The maximum atomic E-state index is 14.0. The summed E-state index contributed by atoms with van der Waals surface area (Å²) in [7, 11) is 3.79. The van der Waals surface area contributed by atoms with Crippen molar-refractivity contribution >= 4 is 23.3 Å². The summed E-state index contributed by atoms with van der Waals surface area (Å²) in [6.45, 7) is 3.48. The second kappa shape index (κ2) is 10.3. The van der Waals surface area contributed by atoms with Crippen LogP contribution in [0.3, 0.4) is 0 Å². The van der Waals surface area contributed by atoms with E-state index >= 15 is 0 Å². The van der Waals surface area contributed by atoms with Gasteiger partial charge in [0, 0.05) is 16.1 Å². The third kappa shape index (κ3) is 5.40. The Morgan fingerprint density at radius 1 is 1.22 bits per heavy atom. The van der Waals surface area contributed by atoms with Gasteiger partial charge in [-0.3, -0.25) is 9.98 Å². The van der Waals surface area contributed by atoms with E-state index in [4.69, 9.17) is 21.1 Å². The SMILES string of the molecule is COc1cc(C2=NCC(=NCc3c(F)cccc3Cl)N2)ccc1OCC1CCN(C)CC1. The van der Waals surface area contributed by atoms with E-state index in [1.807, 2.05) is 18.2 Å². The van der Waals surface area contributed by atoms with E-state index in [1.54, 1.807) is 19.2 Å². The molecule has 0 radical (unpaired) electrons. The average molecular weight is 459 g/mol. The van der Waals surface area contributed by atoms with Gasteiger partial charge in [-0.25, -0.2) is 4.39 Å². The summed E-state index contributed by atoms with van der Waals surface area (Å²) in [5.74, 6) is 2.98. The number of nitrogens with one attached hydrogen (secondary N) is 1. The number of nitrogens with zero attached hydrogens (tertiary/aromatic N) is 3. The van der Waals surface area contributed by atoms with Gasteiger partial charge in [-0.15, -0.1) is 0 Å². The van der Waals surface area contributed by atoms with E-state index in [1.165, 1.54) is 6.07 Å². The maximum absolute atomic E-state index is 14.0. The molecule has 170 valence electrons. The highest BCUT2D eigenvalue weighted by molar-refractivity contribution is 6.31. The van der Waals surface area contributed by atoms with Crippen LogP contribution in [0.5, 0.6) is 11.5 Å². The van der Waals surface area contributed by atoms with Crippen molar-refractivity contribution in [2.75, 3.05) is 40.4 Å². The van der Waals surface area contributed by atoms with Crippen LogP contribution in [0.15, 0.2) is 46.4 Å². The smallest absolute Gasteiger partial charge is 0.161 e. The van der Waals surface area contributed by atoms with Gasteiger partial charge in [-0.2, -0.15) is 0 Å². The minimum Gasteiger partial charge on any atom is -0.493 e. The minimum atomic E-state index is -0.360. The van der Waals surface area contributed by atoms with Gasteiger partial charge in [0.25, 0.3) is 0 Å². The molecule has 2 heterocycles. The number of likely N-dealkylation sites (tertiary alicyclic amines) is 1. The van der Waals surface area contributed by atoms with E-state index in [-0.39, 0.29) is 12.4 Å². The normalized spacial score (nSPS) is 18.5. The molecule has 8 heteroatoms. The number of methoxy groups -OCH3 is 1. The first-order valence-electron chi connectivity index (χ1n) is 10.8. The molecule has 4 rings (SSSR count). The summed E-state index contributed by atoms with van der Waals surface area (Å²) in [6, 6.07) is 10.4. The molecule has 0 amide bonds. The van der Waals surface area contributed by atoms with Gasteiger partial charge >= 0.3 is 0 Å². The molecule has 0 aliphatic carbocycles. The Kier molecular flexibility index (Phi) is 7.27. The third-order valence-corrected chi connectivity index (χ3v) is 6.24. The van der Waals surface area contributed by atoms with Crippen molar-refractivity contribution < 1.29 is 13.9 Å². The van der Waals surface area contributed by atoms with Crippen molar-refractivity contribution in [2.24, 2.45) is 15.9 Å². The first-order valence-corrected chi connectivity index (χ1v) is 11.2. The Hall–Kier alpha value is -2.64. The van der Waals surface area contributed by atoms with Gasteiger partial charge in [0.15, 0.2) is 11.5 Å². The van der Waals surface area contributed by atoms with E-state index in [0.717, 1.165) is 37.2 Å². The van der Waals surface area contributed by atoms with E-state index in [0.29, 0.717) is 47.1 Å². The molecule has 6 nitrogen and oxygen atoms in total. The molecule has 0 spiro atoms. The molecule has 2 aromatic carbocycles. The number of rotatable bonds is 7. The van der Waals surface area contributed by atoms with Crippen LogP contribution in [0.1, 0.15) is 24.0 Å². The molecule has 0 saturated carbocycles. The number of ether oxygens (including phenoxy) is 2. The van der Waals surface area contributed by atoms with Gasteiger partial charge in [0.2, 0.25) is 0 Å². The highest BCUT2D eigenvalue weighted by Gasteiger charge is 2.20. The standard InChI is InChI=1S/C24H28ClFN4O2/c1-30-10-8-16(9-11-30)15-32-21-7-6-17(12-22(21)31-2)24-28-14-23(29-24)27-13-18-19(25)4-3-5-20(18)26/h3-7,12,16H,8-11,13-15H2,1-2H3,(H,27,28,29).